The van der Waals surface area contributed by atoms with Crippen molar-refractivity contribution in [3.05, 3.63) is 17.8 Å². The van der Waals surface area contributed by atoms with Crippen LogP contribution in [0.4, 0.5) is 0 Å². The number of hydrogen-bond acceptors (Lipinski definition) is 3. The molecule has 0 aromatic carbocycles. The van der Waals surface area contributed by atoms with Crippen LogP contribution < -0.4 is 5.32 Å². The predicted molar refractivity (Wildman–Crippen MR) is 48.5 cm³/mol. The number of aryl methyl sites for hydroxylation is 1. The van der Waals surface area contributed by atoms with E-state index in [0.717, 1.165) is 0 Å². The molecule has 0 unspecified atom stereocenters. The lowest BCUT2D eigenvalue weighted by Gasteiger charge is -2.18. The summed E-state index contributed by atoms with van der Waals surface area (Å²) < 4.78 is 5.07. The van der Waals surface area contributed by atoms with E-state index in [0.29, 0.717) is 5.76 Å². The first-order valence-corrected chi connectivity index (χ1v) is 4.13. The van der Waals surface area contributed by atoms with Crippen LogP contribution in [0.3, 0.4) is 0 Å². The van der Waals surface area contributed by atoms with Crippen LogP contribution in [0, 0.1) is 6.92 Å². The molecule has 1 rings (SSSR count). The Morgan fingerprint density at radius 3 is 2.54 bits per heavy atom. The zero-order valence-electron chi connectivity index (χ0n) is 8.34. The van der Waals surface area contributed by atoms with Crippen LogP contribution in [0.5, 0.6) is 0 Å². The molecule has 0 bridgehead atoms. The minimum Gasteiger partial charge on any atom is -0.438 e. The lowest BCUT2D eigenvalue weighted by molar-refractivity contribution is 0.0882. The topological polar surface area (TPSA) is 55.1 Å². The summed E-state index contributed by atoms with van der Waals surface area (Å²) in [7, 11) is 0. The first-order chi connectivity index (χ1) is 5.88. The Bertz CT molecular complexity index is 310. The van der Waals surface area contributed by atoms with Gasteiger partial charge in [-0.05, 0) is 27.7 Å². The molecule has 0 saturated heterocycles. The molecule has 72 valence electrons. The molecule has 0 fully saturated rings. The second-order valence-electron chi connectivity index (χ2n) is 3.98. The maximum absolute atomic E-state index is 11.4. The van der Waals surface area contributed by atoms with Gasteiger partial charge < -0.3 is 9.73 Å². The Kier molecular flexibility index (Phi) is 2.40. The first kappa shape index (κ1) is 9.77. The quantitative estimate of drug-likeness (QED) is 0.716. The zero-order valence-corrected chi connectivity index (χ0v) is 8.34. The van der Waals surface area contributed by atoms with Gasteiger partial charge in [0.2, 0.25) is 0 Å². The summed E-state index contributed by atoms with van der Waals surface area (Å²) in [6.45, 7) is 7.46. The molecule has 0 aliphatic heterocycles. The van der Waals surface area contributed by atoms with Crippen LogP contribution in [-0.2, 0) is 0 Å². The molecule has 0 spiro atoms. The summed E-state index contributed by atoms with van der Waals surface area (Å²) in [5.41, 5.74) is -0.264. The molecule has 1 heterocycles. The maximum Gasteiger partial charge on any atom is 0.307 e. The van der Waals surface area contributed by atoms with Gasteiger partial charge in [-0.25, -0.2) is 4.98 Å². The predicted octanol–water partition coefficient (Wildman–Crippen LogP) is 1.51. The van der Waals surface area contributed by atoms with Gasteiger partial charge >= 0.3 is 5.91 Å². The lowest BCUT2D eigenvalue weighted by atomic mass is 10.1. The highest BCUT2D eigenvalue weighted by atomic mass is 16.4. The van der Waals surface area contributed by atoms with Crippen molar-refractivity contribution >= 4 is 5.91 Å². The molecule has 0 radical (unpaired) electrons. The third-order valence-electron chi connectivity index (χ3n) is 1.30. The molecule has 4 heteroatoms. The fourth-order valence-corrected chi connectivity index (χ4v) is 0.854. The number of nitrogens with one attached hydrogen (secondary N) is 1. The van der Waals surface area contributed by atoms with Gasteiger partial charge in [-0.15, -0.1) is 0 Å². The van der Waals surface area contributed by atoms with E-state index in [1.54, 1.807) is 6.92 Å². The van der Waals surface area contributed by atoms with Crippen molar-refractivity contribution in [3.63, 3.8) is 0 Å². The Labute approximate surface area is 77.3 Å². The van der Waals surface area contributed by atoms with Gasteiger partial charge in [-0.2, -0.15) is 0 Å². The summed E-state index contributed by atoms with van der Waals surface area (Å²) in [4.78, 5) is 15.2. The van der Waals surface area contributed by atoms with Crippen molar-refractivity contribution in [3.8, 4) is 0 Å². The Morgan fingerprint density at radius 1 is 1.54 bits per heavy atom. The summed E-state index contributed by atoms with van der Waals surface area (Å²) in [5, 5.41) is 2.75. The Balaban J connectivity index is 2.70. The number of aromatic nitrogens is 1. The van der Waals surface area contributed by atoms with Crippen molar-refractivity contribution in [2.75, 3.05) is 0 Å². The number of carbonyl (C=O) groups is 1. The van der Waals surface area contributed by atoms with Crippen LogP contribution in [0.2, 0.25) is 0 Å². The molecule has 0 aliphatic rings. The van der Waals surface area contributed by atoms with Crippen LogP contribution in [0.1, 0.15) is 37.2 Å². The molecular formula is C9H14N2O2. The van der Waals surface area contributed by atoms with Crippen LogP contribution in [0.25, 0.3) is 0 Å². The summed E-state index contributed by atoms with van der Waals surface area (Å²) >= 11 is 0. The van der Waals surface area contributed by atoms with Gasteiger partial charge in [-0.1, -0.05) is 0 Å². The SMILES string of the molecule is Cc1cnc(C(=O)NC(C)(C)C)o1. The molecular weight excluding hydrogens is 168 g/mol. The van der Waals surface area contributed by atoms with Gasteiger partial charge in [-0.3, -0.25) is 4.79 Å². The molecule has 0 atom stereocenters. The third kappa shape index (κ3) is 2.89. The molecule has 0 saturated carbocycles. The van der Waals surface area contributed by atoms with Gasteiger partial charge in [0.05, 0.1) is 6.20 Å². The molecule has 4 nitrogen and oxygen atoms in total. The van der Waals surface area contributed by atoms with Crippen molar-refractivity contribution in [1.82, 2.24) is 10.3 Å². The number of hydrogen-bond donors (Lipinski definition) is 1. The van der Waals surface area contributed by atoms with E-state index in [4.69, 9.17) is 4.42 Å². The zero-order chi connectivity index (χ0) is 10.1. The fraction of sp³-hybridized carbons (Fsp3) is 0.556. The van der Waals surface area contributed by atoms with Crippen molar-refractivity contribution in [2.24, 2.45) is 0 Å². The molecule has 13 heavy (non-hydrogen) atoms. The first-order valence-electron chi connectivity index (χ1n) is 4.13. The van der Waals surface area contributed by atoms with Crippen molar-refractivity contribution in [2.45, 2.75) is 33.2 Å². The highest BCUT2D eigenvalue weighted by Gasteiger charge is 2.18. The molecule has 0 aliphatic carbocycles. The fourth-order valence-electron chi connectivity index (χ4n) is 0.854. The van der Waals surface area contributed by atoms with E-state index in [2.05, 4.69) is 10.3 Å². The van der Waals surface area contributed by atoms with E-state index in [1.165, 1.54) is 6.20 Å². The average molecular weight is 182 g/mol. The number of oxazole rings is 1. The van der Waals surface area contributed by atoms with Crippen molar-refractivity contribution < 1.29 is 9.21 Å². The molecule has 1 N–H and O–H groups in total. The van der Waals surface area contributed by atoms with Gasteiger partial charge in [0.25, 0.3) is 5.89 Å². The minimum atomic E-state index is -0.277. The second-order valence-corrected chi connectivity index (χ2v) is 3.98. The number of rotatable bonds is 1. The summed E-state index contributed by atoms with van der Waals surface area (Å²) in [5.74, 6) is 0.479. The third-order valence-corrected chi connectivity index (χ3v) is 1.30. The normalized spacial score (nSPS) is 11.4. The smallest absolute Gasteiger partial charge is 0.307 e. The van der Waals surface area contributed by atoms with E-state index in [9.17, 15) is 4.79 Å². The highest BCUT2D eigenvalue weighted by Crippen LogP contribution is 2.04. The number of carbonyl (C=O) groups excluding carboxylic acids is 1. The van der Waals surface area contributed by atoms with E-state index in [-0.39, 0.29) is 17.3 Å². The Hall–Kier alpha value is -1.32. The van der Waals surface area contributed by atoms with Crippen LogP contribution in [0.15, 0.2) is 10.6 Å². The molecule has 1 amide bonds. The molecule has 1 aromatic rings. The highest BCUT2D eigenvalue weighted by molar-refractivity contribution is 5.90. The average Bonchev–Trinajstić information content (AvgIpc) is 2.31. The number of amides is 1. The van der Waals surface area contributed by atoms with E-state index in [1.807, 2.05) is 20.8 Å². The summed E-state index contributed by atoms with van der Waals surface area (Å²) in [6.07, 6.45) is 1.53. The monoisotopic (exact) mass is 182 g/mol. The van der Waals surface area contributed by atoms with Crippen molar-refractivity contribution in [1.29, 1.82) is 0 Å². The maximum atomic E-state index is 11.4. The lowest BCUT2D eigenvalue weighted by Crippen LogP contribution is -2.40. The van der Waals surface area contributed by atoms with Crippen LogP contribution >= 0.6 is 0 Å². The number of nitrogens with zero attached hydrogens (tertiary/aromatic N) is 1. The van der Waals surface area contributed by atoms with Gasteiger partial charge in [0.15, 0.2) is 0 Å². The minimum absolute atomic E-state index is 0.118. The Morgan fingerprint density at radius 2 is 2.15 bits per heavy atom. The van der Waals surface area contributed by atoms with Crippen LogP contribution in [-0.4, -0.2) is 16.4 Å². The van der Waals surface area contributed by atoms with Gasteiger partial charge in [0, 0.05) is 5.54 Å². The molecule has 1 aromatic heterocycles. The largest absolute Gasteiger partial charge is 0.438 e. The van der Waals surface area contributed by atoms with E-state index >= 15 is 0 Å². The van der Waals surface area contributed by atoms with E-state index < -0.39 is 0 Å². The summed E-state index contributed by atoms with van der Waals surface area (Å²) in [6, 6.07) is 0. The standard InChI is InChI=1S/C9H14N2O2/c1-6-5-10-8(13-6)7(12)11-9(2,3)4/h5H,1-4H3,(H,11,12). The second kappa shape index (κ2) is 3.20. The van der Waals surface area contributed by atoms with Gasteiger partial charge in [0.1, 0.15) is 5.76 Å².